The van der Waals surface area contributed by atoms with Gasteiger partial charge in [-0.1, -0.05) is 12.1 Å². The minimum atomic E-state index is -4.95. The molecule has 2 atom stereocenters. The molecule has 1 saturated heterocycles. The minimum absolute atomic E-state index is 0.00754. The molecule has 0 radical (unpaired) electrons. The van der Waals surface area contributed by atoms with Gasteiger partial charge in [0.15, 0.2) is 0 Å². The summed E-state index contributed by atoms with van der Waals surface area (Å²) in [5, 5.41) is 9.11. The van der Waals surface area contributed by atoms with Gasteiger partial charge in [-0.2, -0.15) is 39.5 Å². The van der Waals surface area contributed by atoms with E-state index in [0.717, 1.165) is 18.2 Å². The molecule has 3 nitrogen and oxygen atoms in total. The van der Waals surface area contributed by atoms with Gasteiger partial charge in [-0.25, -0.2) is 0 Å². The molecule has 3 rings (SSSR count). The van der Waals surface area contributed by atoms with Gasteiger partial charge in [0.05, 0.1) is 16.7 Å². The van der Waals surface area contributed by atoms with Crippen molar-refractivity contribution in [1.82, 2.24) is 4.90 Å². The summed E-state index contributed by atoms with van der Waals surface area (Å²) in [5.41, 5.74) is -4.13. The van der Waals surface area contributed by atoms with Crippen molar-refractivity contribution in [1.29, 1.82) is 0 Å². The summed E-state index contributed by atoms with van der Waals surface area (Å²) in [6, 6.07) is 4.26. The SMILES string of the molecule is O=C(O)C[C@H]1CCN(Cc2cc(C(F)(F)F)ccc2C(F)(F)F)[C@@H](c2cccc(C(F)(F)F)c2)C1. The number of rotatable bonds is 5. The summed E-state index contributed by atoms with van der Waals surface area (Å²) in [6.45, 7) is -0.619. The fraction of sp³-hybridized carbons (Fsp3) is 0.435. The first-order valence-electron chi connectivity index (χ1n) is 10.5. The van der Waals surface area contributed by atoms with Crippen LogP contribution in [0.1, 0.15) is 53.1 Å². The molecule has 1 aliphatic rings. The Balaban J connectivity index is 2.03. The molecule has 192 valence electrons. The summed E-state index contributed by atoms with van der Waals surface area (Å²) in [4.78, 5) is 12.5. The molecule has 35 heavy (non-hydrogen) atoms. The van der Waals surface area contributed by atoms with Crippen molar-refractivity contribution in [3.8, 4) is 0 Å². The molecule has 0 spiro atoms. The van der Waals surface area contributed by atoms with Crippen LogP contribution in [0.2, 0.25) is 0 Å². The van der Waals surface area contributed by atoms with Gasteiger partial charge in [-0.3, -0.25) is 9.69 Å². The number of alkyl halides is 9. The van der Waals surface area contributed by atoms with Crippen LogP contribution in [-0.2, 0) is 29.9 Å². The van der Waals surface area contributed by atoms with Crippen molar-refractivity contribution in [3.05, 3.63) is 70.3 Å². The predicted molar refractivity (Wildman–Crippen MR) is 106 cm³/mol. The van der Waals surface area contributed by atoms with Gasteiger partial charge in [0.2, 0.25) is 0 Å². The number of carboxylic acid groups (broad SMARTS) is 1. The number of piperidine rings is 1. The van der Waals surface area contributed by atoms with Crippen LogP contribution in [-0.4, -0.2) is 22.5 Å². The van der Waals surface area contributed by atoms with Gasteiger partial charge in [-0.05, 0) is 66.8 Å². The number of nitrogens with zero attached hydrogens (tertiary/aromatic N) is 1. The second-order valence-electron chi connectivity index (χ2n) is 8.47. The minimum Gasteiger partial charge on any atom is -0.481 e. The summed E-state index contributed by atoms with van der Waals surface area (Å²) >= 11 is 0. The third-order valence-electron chi connectivity index (χ3n) is 6.00. The van der Waals surface area contributed by atoms with E-state index in [2.05, 4.69) is 0 Å². The maximum atomic E-state index is 13.6. The zero-order valence-corrected chi connectivity index (χ0v) is 17.9. The van der Waals surface area contributed by atoms with E-state index < -0.39 is 65.3 Å². The van der Waals surface area contributed by atoms with Crippen LogP contribution < -0.4 is 0 Å². The number of halogens is 9. The molecule has 0 aliphatic carbocycles. The number of hydrogen-bond acceptors (Lipinski definition) is 2. The van der Waals surface area contributed by atoms with Gasteiger partial charge >= 0.3 is 24.5 Å². The smallest absolute Gasteiger partial charge is 0.416 e. The Hall–Kier alpha value is -2.76. The highest BCUT2D eigenvalue weighted by Gasteiger charge is 2.39. The van der Waals surface area contributed by atoms with Gasteiger partial charge < -0.3 is 5.11 Å². The van der Waals surface area contributed by atoms with E-state index in [0.29, 0.717) is 18.2 Å². The van der Waals surface area contributed by atoms with Crippen LogP contribution in [0, 0.1) is 5.92 Å². The molecule has 2 aromatic rings. The van der Waals surface area contributed by atoms with Crippen molar-refractivity contribution in [2.24, 2.45) is 5.92 Å². The lowest BCUT2D eigenvalue weighted by Gasteiger charge is -2.40. The van der Waals surface area contributed by atoms with Crippen molar-refractivity contribution in [2.45, 2.75) is 50.4 Å². The second kappa shape index (κ2) is 9.71. The standard InChI is InChI=1S/C23H20F9NO2/c24-21(25,26)16-3-1-2-14(10-16)19-8-13(9-20(34)35)6-7-33(19)12-15-11-17(22(27,28)29)4-5-18(15)23(30,31)32/h1-5,10-11,13,19H,6-9,12H2,(H,34,35)/t13-,19+/m0/s1. The second-order valence-corrected chi connectivity index (χ2v) is 8.47. The Morgan fingerprint density at radius 3 is 2.09 bits per heavy atom. The number of carbonyl (C=O) groups is 1. The fourth-order valence-electron chi connectivity index (χ4n) is 4.37. The maximum absolute atomic E-state index is 13.6. The Bertz CT molecular complexity index is 1060. The molecule has 1 N–H and O–H groups in total. The van der Waals surface area contributed by atoms with Crippen LogP contribution in [0.3, 0.4) is 0 Å². The summed E-state index contributed by atoms with van der Waals surface area (Å²) in [6.07, 6.45) is -14.6. The number of hydrogen-bond donors (Lipinski definition) is 1. The first-order chi connectivity index (χ1) is 16.1. The van der Waals surface area contributed by atoms with Crippen LogP contribution in [0.25, 0.3) is 0 Å². The zero-order valence-electron chi connectivity index (χ0n) is 17.9. The molecule has 0 bridgehead atoms. The molecule has 0 amide bonds. The van der Waals surface area contributed by atoms with Crippen LogP contribution in [0.15, 0.2) is 42.5 Å². The lowest BCUT2D eigenvalue weighted by atomic mass is 9.84. The summed E-state index contributed by atoms with van der Waals surface area (Å²) in [5.74, 6) is -1.60. The lowest BCUT2D eigenvalue weighted by molar-refractivity contribution is -0.142. The first-order valence-corrected chi connectivity index (χ1v) is 10.5. The molecule has 0 saturated carbocycles. The van der Waals surface area contributed by atoms with Gasteiger partial charge in [0.1, 0.15) is 0 Å². The number of likely N-dealkylation sites (tertiary alicyclic amines) is 1. The van der Waals surface area contributed by atoms with Crippen molar-refractivity contribution in [2.75, 3.05) is 6.54 Å². The third kappa shape index (κ3) is 6.68. The van der Waals surface area contributed by atoms with E-state index in [9.17, 15) is 44.3 Å². The Morgan fingerprint density at radius 2 is 1.51 bits per heavy atom. The normalized spacial score (nSPS) is 20.1. The van der Waals surface area contributed by atoms with E-state index in [4.69, 9.17) is 5.11 Å². The summed E-state index contributed by atoms with van der Waals surface area (Å²) in [7, 11) is 0. The summed E-state index contributed by atoms with van der Waals surface area (Å²) < 4.78 is 120. The highest BCUT2D eigenvalue weighted by atomic mass is 19.4. The van der Waals surface area contributed by atoms with Crippen molar-refractivity contribution >= 4 is 5.97 Å². The topological polar surface area (TPSA) is 40.5 Å². The molecule has 0 aromatic heterocycles. The molecule has 1 aliphatic heterocycles. The first kappa shape index (κ1) is 26.8. The predicted octanol–water partition coefficient (Wildman–Crippen LogP) is 7.17. The molecule has 1 fully saturated rings. The van der Waals surface area contributed by atoms with Gasteiger partial charge in [0, 0.05) is 19.0 Å². The lowest BCUT2D eigenvalue weighted by Crippen LogP contribution is -2.37. The Morgan fingerprint density at radius 1 is 0.886 bits per heavy atom. The highest BCUT2D eigenvalue weighted by Crippen LogP contribution is 2.42. The van der Waals surface area contributed by atoms with E-state index in [1.165, 1.54) is 11.0 Å². The quantitative estimate of drug-likeness (QED) is 0.431. The van der Waals surface area contributed by atoms with E-state index in [-0.39, 0.29) is 31.4 Å². The molecular weight excluding hydrogens is 493 g/mol. The van der Waals surface area contributed by atoms with Gasteiger partial charge in [0.25, 0.3) is 0 Å². The number of aliphatic carboxylic acids is 1. The highest BCUT2D eigenvalue weighted by molar-refractivity contribution is 5.67. The monoisotopic (exact) mass is 513 g/mol. The van der Waals surface area contributed by atoms with Crippen LogP contribution >= 0.6 is 0 Å². The van der Waals surface area contributed by atoms with E-state index in [1.807, 2.05) is 0 Å². The number of carboxylic acids is 1. The fourth-order valence-corrected chi connectivity index (χ4v) is 4.37. The largest absolute Gasteiger partial charge is 0.481 e. The Kier molecular flexibility index (Phi) is 7.45. The third-order valence-corrected chi connectivity index (χ3v) is 6.00. The maximum Gasteiger partial charge on any atom is 0.416 e. The Labute approximate surface area is 194 Å². The molecule has 1 heterocycles. The van der Waals surface area contributed by atoms with E-state index in [1.54, 1.807) is 0 Å². The number of benzene rings is 2. The average molecular weight is 513 g/mol. The van der Waals surface area contributed by atoms with E-state index >= 15 is 0 Å². The molecule has 0 unspecified atom stereocenters. The van der Waals surface area contributed by atoms with Gasteiger partial charge in [-0.15, -0.1) is 0 Å². The molecular formula is C23H20F9NO2. The zero-order chi connectivity index (χ0) is 26.2. The molecule has 12 heteroatoms. The average Bonchev–Trinajstić information content (AvgIpc) is 2.72. The van der Waals surface area contributed by atoms with Crippen molar-refractivity contribution in [3.63, 3.8) is 0 Å². The molecule has 2 aromatic carbocycles. The van der Waals surface area contributed by atoms with Crippen LogP contribution in [0.4, 0.5) is 39.5 Å². The van der Waals surface area contributed by atoms with Crippen LogP contribution in [0.5, 0.6) is 0 Å². The van der Waals surface area contributed by atoms with Crippen molar-refractivity contribution < 1.29 is 49.4 Å².